The standard InChI is InChI=1S/C13H14ClN5S/c1-9-11(8-16-17-13(20)15-2)12(14)19(18-9)10-6-4-3-5-7-10/h3-8H,1-2H3,(H2,15,17,20). The van der Waals surface area contributed by atoms with E-state index in [2.05, 4.69) is 20.9 Å². The molecule has 0 bridgehead atoms. The Kier molecular flexibility index (Phi) is 4.70. The fourth-order valence-electron chi connectivity index (χ4n) is 1.61. The van der Waals surface area contributed by atoms with Crippen molar-refractivity contribution in [1.29, 1.82) is 0 Å². The van der Waals surface area contributed by atoms with Gasteiger partial charge in [0.15, 0.2) is 5.11 Å². The molecule has 0 saturated carbocycles. The second kappa shape index (κ2) is 6.49. The van der Waals surface area contributed by atoms with Gasteiger partial charge in [-0.2, -0.15) is 10.2 Å². The highest BCUT2D eigenvalue weighted by atomic mass is 35.5. The average Bonchev–Trinajstić information content (AvgIpc) is 2.75. The number of rotatable bonds is 3. The van der Waals surface area contributed by atoms with Gasteiger partial charge in [0.25, 0.3) is 0 Å². The Balaban J connectivity index is 2.28. The van der Waals surface area contributed by atoms with Crippen molar-refractivity contribution >= 4 is 35.1 Å². The van der Waals surface area contributed by atoms with Crippen LogP contribution in [0.25, 0.3) is 5.69 Å². The van der Waals surface area contributed by atoms with E-state index in [4.69, 9.17) is 23.8 Å². The Labute approximate surface area is 127 Å². The highest BCUT2D eigenvalue weighted by Gasteiger charge is 2.12. The van der Waals surface area contributed by atoms with Gasteiger partial charge in [-0.3, -0.25) is 5.43 Å². The predicted molar refractivity (Wildman–Crippen MR) is 85.7 cm³/mol. The van der Waals surface area contributed by atoms with Crippen LogP contribution < -0.4 is 10.7 Å². The maximum absolute atomic E-state index is 6.35. The molecular formula is C13H14ClN5S. The van der Waals surface area contributed by atoms with Gasteiger partial charge in [-0.05, 0) is 31.3 Å². The number of benzene rings is 1. The zero-order valence-corrected chi connectivity index (χ0v) is 12.7. The first-order chi connectivity index (χ1) is 9.63. The van der Waals surface area contributed by atoms with Crippen LogP contribution in [0.2, 0.25) is 5.15 Å². The van der Waals surface area contributed by atoms with Crippen molar-refractivity contribution in [3.8, 4) is 5.69 Å². The molecule has 2 aromatic rings. The van der Waals surface area contributed by atoms with Gasteiger partial charge in [-0.1, -0.05) is 29.8 Å². The first-order valence-corrected chi connectivity index (χ1v) is 6.73. The summed E-state index contributed by atoms with van der Waals surface area (Å²) in [5.41, 5.74) is 5.12. The molecule has 0 fully saturated rings. The minimum Gasteiger partial charge on any atom is -0.364 e. The second-order valence-corrected chi connectivity index (χ2v) is 4.75. The summed E-state index contributed by atoms with van der Waals surface area (Å²) in [7, 11) is 1.72. The minimum atomic E-state index is 0.436. The van der Waals surface area contributed by atoms with Gasteiger partial charge in [-0.15, -0.1) is 0 Å². The van der Waals surface area contributed by atoms with Crippen LogP contribution in [-0.4, -0.2) is 28.2 Å². The number of hydrogen-bond acceptors (Lipinski definition) is 3. The molecular weight excluding hydrogens is 294 g/mol. The van der Waals surface area contributed by atoms with Gasteiger partial charge in [0, 0.05) is 7.05 Å². The number of aromatic nitrogens is 2. The van der Waals surface area contributed by atoms with Gasteiger partial charge in [-0.25, -0.2) is 4.68 Å². The number of aryl methyl sites for hydroxylation is 1. The maximum atomic E-state index is 6.35. The Morgan fingerprint density at radius 2 is 2.10 bits per heavy atom. The summed E-state index contributed by atoms with van der Waals surface area (Å²) >= 11 is 11.3. The molecule has 0 radical (unpaired) electrons. The molecule has 0 amide bonds. The third-order valence-electron chi connectivity index (χ3n) is 2.64. The molecule has 7 heteroatoms. The number of hydrazone groups is 1. The molecule has 1 aromatic carbocycles. The molecule has 20 heavy (non-hydrogen) atoms. The fraction of sp³-hybridized carbons (Fsp3) is 0.154. The van der Waals surface area contributed by atoms with E-state index in [1.165, 1.54) is 0 Å². The van der Waals surface area contributed by atoms with E-state index in [0.29, 0.717) is 10.3 Å². The van der Waals surface area contributed by atoms with E-state index in [0.717, 1.165) is 16.9 Å². The number of para-hydroxylation sites is 1. The summed E-state index contributed by atoms with van der Waals surface area (Å²) < 4.78 is 1.68. The molecule has 2 rings (SSSR count). The monoisotopic (exact) mass is 307 g/mol. The molecule has 5 nitrogen and oxygen atoms in total. The molecule has 0 spiro atoms. The van der Waals surface area contributed by atoms with E-state index in [-0.39, 0.29) is 0 Å². The molecule has 1 aromatic heterocycles. The second-order valence-electron chi connectivity index (χ2n) is 3.99. The number of nitrogens with one attached hydrogen (secondary N) is 2. The smallest absolute Gasteiger partial charge is 0.186 e. The van der Waals surface area contributed by atoms with Gasteiger partial charge < -0.3 is 5.32 Å². The Morgan fingerprint density at radius 3 is 2.75 bits per heavy atom. The van der Waals surface area contributed by atoms with Crippen LogP contribution in [0.1, 0.15) is 11.3 Å². The van der Waals surface area contributed by atoms with Crippen LogP contribution >= 0.6 is 23.8 Å². The van der Waals surface area contributed by atoms with Crippen molar-refractivity contribution in [1.82, 2.24) is 20.5 Å². The predicted octanol–water partition coefficient (Wildman–Crippen LogP) is 2.26. The van der Waals surface area contributed by atoms with Gasteiger partial charge in [0.05, 0.1) is 23.2 Å². The van der Waals surface area contributed by atoms with E-state index < -0.39 is 0 Å². The molecule has 1 heterocycles. The third kappa shape index (κ3) is 3.15. The van der Waals surface area contributed by atoms with Crippen molar-refractivity contribution < 1.29 is 0 Å². The molecule has 0 atom stereocenters. The quantitative estimate of drug-likeness (QED) is 0.519. The summed E-state index contributed by atoms with van der Waals surface area (Å²) in [5, 5.41) is 12.1. The maximum Gasteiger partial charge on any atom is 0.186 e. The first kappa shape index (κ1) is 14.5. The van der Waals surface area contributed by atoms with Gasteiger partial charge in [0.1, 0.15) is 5.15 Å². The largest absolute Gasteiger partial charge is 0.364 e. The summed E-state index contributed by atoms with van der Waals surface area (Å²) in [6, 6.07) is 9.69. The van der Waals surface area contributed by atoms with Crippen LogP contribution in [0.4, 0.5) is 0 Å². The normalized spacial score (nSPS) is 10.8. The summed E-state index contributed by atoms with van der Waals surface area (Å²) in [5.74, 6) is 0. The summed E-state index contributed by atoms with van der Waals surface area (Å²) in [6.45, 7) is 1.88. The lowest BCUT2D eigenvalue weighted by molar-refractivity contribution is 0.863. The lowest BCUT2D eigenvalue weighted by Gasteiger charge is -2.02. The van der Waals surface area contributed by atoms with E-state index in [1.807, 2.05) is 37.3 Å². The Bertz CT molecular complexity index is 636. The third-order valence-corrected chi connectivity index (χ3v) is 3.29. The van der Waals surface area contributed by atoms with Crippen LogP contribution in [0, 0.1) is 6.92 Å². The molecule has 2 N–H and O–H groups in total. The van der Waals surface area contributed by atoms with E-state index >= 15 is 0 Å². The van der Waals surface area contributed by atoms with E-state index in [1.54, 1.807) is 17.9 Å². The van der Waals surface area contributed by atoms with Gasteiger partial charge >= 0.3 is 0 Å². The van der Waals surface area contributed by atoms with Crippen LogP contribution in [0.3, 0.4) is 0 Å². The average molecular weight is 308 g/mol. The number of hydrogen-bond donors (Lipinski definition) is 2. The lowest BCUT2D eigenvalue weighted by atomic mass is 10.3. The fourth-order valence-corrected chi connectivity index (χ4v) is 1.98. The van der Waals surface area contributed by atoms with Crippen molar-refractivity contribution in [3.63, 3.8) is 0 Å². The minimum absolute atomic E-state index is 0.436. The SMILES string of the molecule is CNC(=S)NN=Cc1c(C)nn(-c2ccccc2)c1Cl. The van der Waals surface area contributed by atoms with Crippen molar-refractivity contribution in [2.45, 2.75) is 6.92 Å². The first-order valence-electron chi connectivity index (χ1n) is 5.95. The van der Waals surface area contributed by atoms with Crippen molar-refractivity contribution in [2.24, 2.45) is 5.10 Å². The summed E-state index contributed by atoms with van der Waals surface area (Å²) in [4.78, 5) is 0. The zero-order chi connectivity index (χ0) is 14.5. The van der Waals surface area contributed by atoms with Crippen molar-refractivity contribution in [2.75, 3.05) is 7.05 Å². The summed E-state index contributed by atoms with van der Waals surface area (Å²) in [6.07, 6.45) is 1.60. The highest BCUT2D eigenvalue weighted by molar-refractivity contribution is 7.80. The molecule has 0 saturated heterocycles. The molecule has 104 valence electrons. The van der Waals surface area contributed by atoms with E-state index in [9.17, 15) is 0 Å². The molecule has 0 unspecified atom stereocenters. The molecule has 0 aliphatic carbocycles. The zero-order valence-electron chi connectivity index (χ0n) is 11.1. The van der Waals surface area contributed by atoms with Crippen LogP contribution in [0.5, 0.6) is 0 Å². The topological polar surface area (TPSA) is 54.2 Å². The Morgan fingerprint density at radius 1 is 1.40 bits per heavy atom. The number of thiocarbonyl (C=S) groups is 1. The molecule has 0 aliphatic rings. The van der Waals surface area contributed by atoms with Crippen LogP contribution in [0.15, 0.2) is 35.4 Å². The highest BCUT2D eigenvalue weighted by Crippen LogP contribution is 2.21. The number of halogens is 1. The number of nitrogens with zero attached hydrogens (tertiary/aromatic N) is 3. The van der Waals surface area contributed by atoms with Gasteiger partial charge in [0.2, 0.25) is 0 Å². The lowest BCUT2D eigenvalue weighted by Crippen LogP contribution is -2.28. The van der Waals surface area contributed by atoms with Crippen molar-refractivity contribution in [3.05, 3.63) is 46.7 Å². The van der Waals surface area contributed by atoms with Crippen LogP contribution in [-0.2, 0) is 0 Å². The molecule has 0 aliphatic heterocycles. The Hall–Kier alpha value is -1.92.